The van der Waals surface area contributed by atoms with Crippen LogP contribution in [0.3, 0.4) is 0 Å². The third-order valence-corrected chi connectivity index (χ3v) is 6.40. The van der Waals surface area contributed by atoms with Crippen LogP contribution in [0.25, 0.3) is 0 Å². The van der Waals surface area contributed by atoms with Crippen LogP contribution >= 0.6 is 0 Å². The van der Waals surface area contributed by atoms with E-state index in [1.54, 1.807) is 26.4 Å². The van der Waals surface area contributed by atoms with E-state index in [1.165, 1.54) is 12.1 Å². The number of halogens is 2. The van der Waals surface area contributed by atoms with Gasteiger partial charge in [-0.15, -0.1) is 0 Å². The molecule has 1 saturated heterocycles. The van der Waals surface area contributed by atoms with Crippen LogP contribution in [-0.2, 0) is 16.4 Å². The number of hydrogen-bond acceptors (Lipinski definition) is 6. The Balaban J connectivity index is 1.69. The number of alkyl halides is 2. The van der Waals surface area contributed by atoms with E-state index in [2.05, 4.69) is 4.90 Å². The number of para-hydroxylation sites is 1. The molecule has 0 bridgehead atoms. The summed E-state index contributed by atoms with van der Waals surface area (Å²) < 4.78 is 60.7. The fourth-order valence-electron chi connectivity index (χ4n) is 3.44. The van der Waals surface area contributed by atoms with Crippen molar-refractivity contribution in [3.05, 3.63) is 48.0 Å². The Morgan fingerprint density at radius 1 is 0.966 bits per heavy atom. The molecule has 2 aromatic rings. The van der Waals surface area contributed by atoms with Gasteiger partial charge < -0.3 is 14.4 Å². The summed E-state index contributed by atoms with van der Waals surface area (Å²) in [6, 6.07) is 11.7. The molecule has 9 heteroatoms. The molecular weight excluding hydrogens is 402 g/mol. The first kappa shape index (κ1) is 21.3. The monoisotopic (exact) mass is 426 g/mol. The molecule has 0 unspecified atom stereocenters. The van der Waals surface area contributed by atoms with Crippen molar-refractivity contribution in [2.24, 2.45) is 0 Å². The van der Waals surface area contributed by atoms with Crippen molar-refractivity contribution in [3.8, 4) is 11.5 Å². The summed E-state index contributed by atoms with van der Waals surface area (Å²) in [5, 5.41) is 0. The van der Waals surface area contributed by atoms with E-state index < -0.39 is 15.6 Å². The lowest BCUT2D eigenvalue weighted by molar-refractivity contribution is 0.234. The lowest BCUT2D eigenvalue weighted by Gasteiger charge is -2.36. The summed E-state index contributed by atoms with van der Waals surface area (Å²) in [6.45, 7) is 3.14. The zero-order valence-corrected chi connectivity index (χ0v) is 17.2. The predicted octanol–water partition coefficient (Wildman–Crippen LogP) is 3.02. The van der Waals surface area contributed by atoms with E-state index in [0.717, 1.165) is 5.56 Å². The molecular formula is C20H24F2N2O4S. The number of anilines is 1. The van der Waals surface area contributed by atoms with Crippen LogP contribution in [-0.4, -0.2) is 59.5 Å². The molecule has 0 amide bonds. The Kier molecular flexibility index (Phi) is 6.59. The summed E-state index contributed by atoms with van der Waals surface area (Å²) in [5.41, 5.74) is 1.40. The molecule has 6 nitrogen and oxygen atoms in total. The molecule has 3 rings (SSSR count). The highest BCUT2D eigenvalue weighted by molar-refractivity contribution is 7.91. The molecule has 1 heterocycles. The maximum Gasteiger partial charge on any atom is 0.341 e. The fourth-order valence-corrected chi connectivity index (χ4v) is 4.39. The molecule has 1 fully saturated rings. The summed E-state index contributed by atoms with van der Waals surface area (Å²) in [4.78, 5) is 3.76. The van der Waals surface area contributed by atoms with Gasteiger partial charge in [0, 0.05) is 32.7 Å². The first-order valence-corrected chi connectivity index (χ1v) is 10.7. The molecule has 1 aliphatic rings. The Labute approximate surface area is 169 Å². The van der Waals surface area contributed by atoms with Crippen molar-refractivity contribution in [1.82, 2.24) is 4.90 Å². The Morgan fingerprint density at radius 3 is 2.24 bits per heavy atom. The highest BCUT2D eigenvalue weighted by atomic mass is 32.2. The average molecular weight is 426 g/mol. The van der Waals surface area contributed by atoms with E-state index in [1.807, 2.05) is 23.1 Å². The normalized spacial score (nSPS) is 15.6. The first-order chi connectivity index (χ1) is 13.9. The van der Waals surface area contributed by atoms with Crippen molar-refractivity contribution in [3.63, 3.8) is 0 Å². The van der Waals surface area contributed by atoms with Crippen LogP contribution in [0, 0.1) is 0 Å². The zero-order chi connectivity index (χ0) is 21.0. The molecule has 158 valence electrons. The molecule has 0 radical (unpaired) electrons. The van der Waals surface area contributed by atoms with Crippen molar-refractivity contribution >= 4 is 15.5 Å². The van der Waals surface area contributed by atoms with Gasteiger partial charge in [-0.3, -0.25) is 4.90 Å². The van der Waals surface area contributed by atoms with E-state index in [0.29, 0.717) is 49.9 Å². The summed E-state index contributed by atoms with van der Waals surface area (Å²) >= 11 is 0. The summed E-state index contributed by atoms with van der Waals surface area (Å²) in [6.07, 6.45) is 0. The highest BCUT2D eigenvalue weighted by Gasteiger charge is 2.31. The minimum absolute atomic E-state index is 0.316. The van der Waals surface area contributed by atoms with Crippen molar-refractivity contribution in [2.75, 3.05) is 45.3 Å². The number of rotatable bonds is 7. The molecule has 0 spiro atoms. The second kappa shape index (κ2) is 8.96. The predicted molar refractivity (Wildman–Crippen MR) is 107 cm³/mol. The van der Waals surface area contributed by atoms with Crippen LogP contribution in [0.4, 0.5) is 14.5 Å². The van der Waals surface area contributed by atoms with E-state index >= 15 is 0 Å². The Morgan fingerprint density at radius 2 is 1.62 bits per heavy atom. The number of piperazine rings is 1. The van der Waals surface area contributed by atoms with Crippen molar-refractivity contribution in [2.45, 2.75) is 17.2 Å². The summed E-state index contributed by atoms with van der Waals surface area (Å²) in [5.74, 6) is -2.11. The fraction of sp³-hybridized carbons (Fsp3) is 0.400. The van der Waals surface area contributed by atoms with Crippen LogP contribution < -0.4 is 14.4 Å². The standard InChI is InChI=1S/C20H24F2N2O4S/c1-27-17-8-7-15(13-18(17)28-2)14-23-9-11-24(12-10-23)16-5-3-4-6-19(16)29(25,26)20(21)22/h3-8,13,20H,9-12,14H2,1-2H3. The second-order valence-corrected chi connectivity index (χ2v) is 8.61. The maximum absolute atomic E-state index is 13.0. The van der Waals surface area contributed by atoms with Gasteiger partial charge in [0.15, 0.2) is 11.5 Å². The Hall–Kier alpha value is -2.39. The average Bonchev–Trinajstić information content (AvgIpc) is 2.74. The molecule has 0 aromatic heterocycles. The van der Waals surface area contributed by atoms with Gasteiger partial charge in [-0.1, -0.05) is 18.2 Å². The molecule has 0 aliphatic carbocycles. The number of benzene rings is 2. The quantitative estimate of drug-likeness (QED) is 0.678. The lowest BCUT2D eigenvalue weighted by atomic mass is 10.1. The third kappa shape index (κ3) is 4.62. The van der Waals surface area contributed by atoms with Crippen LogP contribution in [0.1, 0.15) is 5.56 Å². The third-order valence-electron chi connectivity index (χ3n) is 4.97. The lowest BCUT2D eigenvalue weighted by Crippen LogP contribution is -2.46. The number of hydrogen-bond donors (Lipinski definition) is 0. The van der Waals surface area contributed by atoms with Gasteiger partial charge in [-0.2, -0.15) is 8.78 Å². The minimum atomic E-state index is -4.65. The van der Waals surface area contributed by atoms with Gasteiger partial charge in [-0.05, 0) is 29.8 Å². The number of methoxy groups -OCH3 is 2. The Bertz CT molecular complexity index is 945. The molecule has 0 N–H and O–H groups in total. The van der Waals surface area contributed by atoms with Gasteiger partial charge in [0.05, 0.1) is 24.8 Å². The van der Waals surface area contributed by atoms with Crippen LogP contribution in [0.15, 0.2) is 47.4 Å². The zero-order valence-electron chi connectivity index (χ0n) is 16.3. The van der Waals surface area contributed by atoms with E-state index in [4.69, 9.17) is 9.47 Å². The topological polar surface area (TPSA) is 59.1 Å². The maximum atomic E-state index is 13.0. The number of ether oxygens (including phenoxy) is 2. The van der Waals surface area contributed by atoms with Gasteiger partial charge >= 0.3 is 5.76 Å². The molecule has 0 atom stereocenters. The van der Waals surface area contributed by atoms with Crippen molar-refractivity contribution in [1.29, 1.82) is 0 Å². The smallest absolute Gasteiger partial charge is 0.341 e. The van der Waals surface area contributed by atoms with Crippen LogP contribution in [0.5, 0.6) is 11.5 Å². The number of sulfone groups is 1. The van der Waals surface area contributed by atoms with Gasteiger partial charge in [0.2, 0.25) is 9.84 Å². The SMILES string of the molecule is COc1ccc(CN2CCN(c3ccccc3S(=O)(=O)C(F)F)CC2)cc1OC. The van der Waals surface area contributed by atoms with Gasteiger partial charge in [0.1, 0.15) is 0 Å². The largest absolute Gasteiger partial charge is 0.493 e. The summed E-state index contributed by atoms with van der Waals surface area (Å²) in [7, 11) is -1.47. The van der Waals surface area contributed by atoms with E-state index in [9.17, 15) is 17.2 Å². The first-order valence-electron chi connectivity index (χ1n) is 9.16. The van der Waals surface area contributed by atoms with Crippen molar-refractivity contribution < 1.29 is 26.7 Å². The number of nitrogens with zero attached hydrogens (tertiary/aromatic N) is 2. The van der Waals surface area contributed by atoms with Gasteiger partial charge in [-0.25, -0.2) is 8.42 Å². The second-order valence-electron chi connectivity index (χ2n) is 6.73. The van der Waals surface area contributed by atoms with Gasteiger partial charge in [0.25, 0.3) is 0 Å². The van der Waals surface area contributed by atoms with Crippen LogP contribution in [0.2, 0.25) is 0 Å². The molecule has 0 saturated carbocycles. The molecule has 29 heavy (non-hydrogen) atoms. The molecule has 1 aliphatic heterocycles. The minimum Gasteiger partial charge on any atom is -0.493 e. The molecule has 2 aromatic carbocycles. The van der Waals surface area contributed by atoms with E-state index in [-0.39, 0.29) is 4.90 Å². The highest BCUT2D eigenvalue weighted by Crippen LogP contribution is 2.31.